The summed E-state index contributed by atoms with van der Waals surface area (Å²) in [7, 11) is 3.43. The Morgan fingerprint density at radius 2 is 1.81 bits per heavy atom. The van der Waals surface area contributed by atoms with Gasteiger partial charge in [0.2, 0.25) is 0 Å². The van der Waals surface area contributed by atoms with Crippen LogP contribution in [0.1, 0.15) is 10.5 Å². The van der Waals surface area contributed by atoms with Crippen molar-refractivity contribution in [1.82, 2.24) is 20.0 Å². The molecule has 1 aliphatic rings. The van der Waals surface area contributed by atoms with Gasteiger partial charge in [0.15, 0.2) is 0 Å². The number of aromatic nitrogens is 2. The summed E-state index contributed by atoms with van der Waals surface area (Å²) in [5.74, 6) is 0.428. The first-order valence-electron chi connectivity index (χ1n) is 10.7. The molecule has 0 unspecified atom stereocenters. The first-order chi connectivity index (χ1) is 15.5. The fraction of sp³-hybridized carbons (Fsp3) is 0.333. The van der Waals surface area contributed by atoms with Gasteiger partial charge in [-0.2, -0.15) is 5.10 Å². The standard InChI is InChI=1S/C24H28FN5O2/c1-28-22(17-20(27-28)18-7-9-19(25)10-8-18)24(31)26-11-12-29-13-15-30(16-14-29)21-5-3-4-6-23(21)32-2/h3-10,17H,11-16H2,1-2H3,(H,26,31). The van der Waals surface area contributed by atoms with Crippen molar-refractivity contribution < 1.29 is 13.9 Å². The number of piperazine rings is 1. The normalized spacial score (nSPS) is 14.4. The van der Waals surface area contributed by atoms with Crippen molar-refractivity contribution >= 4 is 11.6 Å². The molecule has 1 aliphatic heterocycles. The van der Waals surface area contributed by atoms with Crippen molar-refractivity contribution in [1.29, 1.82) is 0 Å². The number of amides is 1. The van der Waals surface area contributed by atoms with Crippen molar-refractivity contribution in [2.75, 3.05) is 51.3 Å². The maximum Gasteiger partial charge on any atom is 0.269 e. The number of ether oxygens (including phenoxy) is 1. The summed E-state index contributed by atoms with van der Waals surface area (Å²) in [6.45, 7) is 5.02. The Kier molecular flexibility index (Phi) is 6.70. The van der Waals surface area contributed by atoms with Crippen LogP contribution in [0, 0.1) is 5.82 Å². The summed E-state index contributed by atoms with van der Waals surface area (Å²) in [6, 6.07) is 15.9. The Morgan fingerprint density at radius 1 is 1.09 bits per heavy atom. The number of halogens is 1. The van der Waals surface area contributed by atoms with E-state index in [0.717, 1.165) is 49.7 Å². The minimum atomic E-state index is -0.300. The van der Waals surface area contributed by atoms with E-state index in [1.54, 1.807) is 37.0 Å². The monoisotopic (exact) mass is 437 g/mol. The third kappa shape index (κ3) is 4.91. The molecule has 0 aliphatic carbocycles. The number of carbonyl (C=O) groups excluding carboxylic acids is 1. The smallest absolute Gasteiger partial charge is 0.269 e. The lowest BCUT2D eigenvalue weighted by Gasteiger charge is -2.36. The second kappa shape index (κ2) is 9.82. The van der Waals surface area contributed by atoms with Crippen molar-refractivity contribution in [3.63, 3.8) is 0 Å². The maximum absolute atomic E-state index is 13.1. The number of anilines is 1. The molecule has 8 heteroatoms. The van der Waals surface area contributed by atoms with Gasteiger partial charge in [0.1, 0.15) is 17.3 Å². The first kappa shape index (κ1) is 21.8. The zero-order valence-electron chi connectivity index (χ0n) is 18.4. The first-order valence-corrected chi connectivity index (χ1v) is 10.7. The fourth-order valence-corrected chi connectivity index (χ4v) is 3.96. The Morgan fingerprint density at radius 3 is 2.53 bits per heavy atom. The highest BCUT2D eigenvalue weighted by molar-refractivity contribution is 5.93. The minimum Gasteiger partial charge on any atom is -0.495 e. The number of methoxy groups -OCH3 is 1. The van der Waals surface area contributed by atoms with Gasteiger partial charge in [-0.3, -0.25) is 14.4 Å². The van der Waals surface area contributed by atoms with Crippen LogP contribution in [-0.2, 0) is 7.05 Å². The Hall–Kier alpha value is -3.39. The van der Waals surface area contributed by atoms with Crippen LogP contribution < -0.4 is 15.0 Å². The molecule has 168 valence electrons. The zero-order chi connectivity index (χ0) is 22.5. The lowest BCUT2D eigenvalue weighted by molar-refractivity contribution is 0.0938. The van der Waals surface area contributed by atoms with Gasteiger partial charge in [-0.25, -0.2) is 4.39 Å². The zero-order valence-corrected chi connectivity index (χ0v) is 18.4. The summed E-state index contributed by atoms with van der Waals surface area (Å²) < 4.78 is 20.2. The van der Waals surface area contributed by atoms with Crippen LogP contribution in [0.25, 0.3) is 11.3 Å². The molecule has 3 aromatic rings. The third-order valence-electron chi connectivity index (χ3n) is 5.76. The van der Waals surface area contributed by atoms with E-state index in [0.29, 0.717) is 17.9 Å². The van der Waals surface area contributed by atoms with Crippen LogP contribution >= 0.6 is 0 Å². The van der Waals surface area contributed by atoms with Gasteiger partial charge >= 0.3 is 0 Å². The van der Waals surface area contributed by atoms with Crippen LogP contribution in [0.2, 0.25) is 0 Å². The summed E-state index contributed by atoms with van der Waals surface area (Å²) in [6.07, 6.45) is 0. The van der Waals surface area contributed by atoms with Crippen molar-refractivity contribution in [3.8, 4) is 17.0 Å². The Balaban J connectivity index is 1.26. The Labute approximate surface area is 187 Å². The van der Waals surface area contributed by atoms with Crippen molar-refractivity contribution in [2.24, 2.45) is 7.05 Å². The lowest BCUT2D eigenvalue weighted by atomic mass is 10.1. The van der Waals surface area contributed by atoms with E-state index >= 15 is 0 Å². The number of rotatable bonds is 7. The molecule has 0 saturated carbocycles. The van der Waals surface area contributed by atoms with E-state index in [-0.39, 0.29) is 11.7 Å². The number of hydrogen-bond donors (Lipinski definition) is 1. The third-order valence-corrected chi connectivity index (χ3v) is 5.76. The number of benzene rings is 2. The van der Waals surface area contributed by atoms with Crippen LogP contribution in [0.15, 0.2) is 54.6 Å². The highest BCUT2D eigenvalue weighted by Crippen LogP contribution is 2.28. The largest absolute Gasteiger partial charge is 0.495 e. The number of hydrogen-bond acceptors (Lipinski definition) is 5. The molecule has 0 bridgehead atoms. The average Bonchev–Trinajstić information content (AvgIpc) is 3.21. The molecule has 7 nitrogen and oxygen atoms in total. The molecule has 1 saturated heterocycles. The molecule has 32 heavy (non-hydrogen) atoms. The summed E-state index contributed by atoms with van der Waals surface area (Å²) >= 11 is 0. The molecule has 1 N–H and O–H groups in total. The van der Waals surface area contributed by atoms with E-state index in [1.807, 2.05) is 18.2 Å². The van der Waals surface area contributed by atoms with Crippen LogP contribution in [-0.4, -0.2) is 67.0 Å². The highest BCUT2D eigenvalue weighted by atomic mass is 19.1. The summed E-state index contributed by atoms with van der Waals surface area (Å²) in [4.78, 5) is 17.3. The molecule has 1 amide bonds. The molecule has 1 aromatic heterocycles. The Bertz CT molecular complexity index is 1060. The van der Waals surface area contributed by atoms with Crippen molar-refractivity contribution in [2.45, 2.75) is 0 Å². The van der Waals surface area contributed by atoms with Gasteiger partial charge in [0.05, 0.1) is 18.5 Å². The summed E-state index contributed by atoms with van der Waals surface area (Å²) in [5, 5.41) is 7.38. The predicted octanol–water partition coefficient (Wildman–Crippen LogP) is 2.79. The lowest BCUT2D eigenvalue weighted by Crippen LogP contribution is -2.48. The van der Waals surface area contributed by atoms with Crippen molar-refractivity contribution in [3.05, 3.63) is 66.1 Å². The molecule has 0 spiro atoms. The van der Waals surface area contributed by atoms with E-state index in [4.69, 9.17) is 4.74 Å². The number of para-hydroxylation sites is 2. The van der Waals surface area contributed by atoms with Gasteiger partial charge < -0.3 is 15.0 Å². The van der Waals surface area contributed by atoms with Gasteiger partial charge in [-0.15, -0.1) is 0 Å². The SMILES string of the molecule is COc1ccccc1N1CCN(CCNC(=O)c2cc(-c3ccc(F)cc3)nn2C)CC1. The topological polar surface area (TPSA) is 62.6 Å². The number of nitrogens with one attached hydrogen (secondary N) is 1. The van der Waals surface area contributed by atoms with E-state index in [2.05, 4.69) is 26.3 Å². The van der Waals surface area contributed by atoms with Crippen LogP contribution in [0.3, 0.4) is 0 Å². The predicted molar refractivity (Wildman–Crippen MR) is 123 cm³/mol. The molecule has 1 fully saturated rings. The highest BCUT2D eigenvalue weighted by Gasteiger charge is 2.20. The van der Waals surface area contributed by atoms with Crippen LogP contribution in [0.5, 0.6) is 5.75 Å². The van der Waals surface area contributed by atoms with Gasteiger partial charge in [-0.1, -0.05) is 12.1 Å². The molecule has 0 atom stereocenters. The van der Waals surface area contributed by atoms with E-state index in [9.17, 15) is 9.18 Å². The van der Waals surface area contributed by atoms with Crippen LogP contribution in [0.4, 0.5) is 10.1 Å². The van der Waals surface area contributed by atoms with Gasteiger partial charge in [0, 0.05) is 51.9 Å². The van der Waals surface area contributed by atoms with E-state index in [1.165, 1.54) is 12.1 Å². The molecule has 2 aromatic carbocycles. The summed E-state index contributed by atoms with van der Waals surface area (Å²) in [5.41, 5.74) is 3.01. The molecular formula is C24H28FN5O2. The molecule has 0 radical (unpaired) electrons. The average molecular weight is 438 g/mol. The molecule has 4 rings (SSSR count). The van der Waals surface area contributed by atoms with E-state index < -0.39 is 0 Å². The maximum atomic E-state index is 13.1. The minimum absolute atomic E-state index is 0.166. The second-order valence-corrected chi connectivity index (χ2v) is 7.80. The molecular weight excluding hydrogens is 409 g/mol. The number of nitrogens with zero attached hydrogens (tertiary/aromatic N) is 4. The fourth-order valence-electron chi connectivity index (χ4n) is 3.96. The van der Waals surface area contributed by atoms with Gasteiger partial charge in [0.25, 0.3) is 5.91 Å². The number of aryl methyl sites for hydroxylation is 1. The van der Waals surface area contributed by atoms with Gasteiger partial charge in [-0.05, 0) is 42.5 Å². The molecule has 2 heterocycles. The number of carbonyl (C=O) groups is 1. The second-order valence-electron chi connectivity index (χ2n) is 7.80. The quantitative estimate of drug-likeness (QED) is 0.616.